The molecule has 19 heavy (non-hydrogen) atoms. The molecule has 1 unspecified atom stereocenters. The predicted molar refractivity (Wildman–Crippen MR) is 78.1 cm³/mol. The molecule has 0 aromatic carbocycles. The number of nitrogens with zero attached hydrogens (tertiary/aromatic N) is 1. The van der Waals surface area contributed by atoms with Crippen LogP contribution in [0.15, 0.2) is 0 Å². The van der Waals surface area contributed by atoms with Gasteiger partial charge in [-0.05, 0) is 50.9 Å². The van der Waals surface area contributed by atoms with Gasteiger partial charge < -0.3 is 10.5 Å². The van der Waals surface area contributed by atoms with Crippen molar-refractivity contribution in [3.8, 4) is 0 Å². The van der Waals surface area contributed by atoms with Crippen LogP contribution in [0.5, 0.6) is 0 Å². The number of hydrogen-bond donors (Lipinski definition) is 1. The lowest BCUT2D eigenvalue weighted by Crippen LogP contribution is -2.62. The fraction of sp³-hybridized carbons (Fsp3) is 1.00. The van der Waals surface area contributed by atoms with Crippen LogP contribution in [0.2, 0.25) is 0 Å². The maximum absolute atomic E-state index is 6.24. The Bertz CT molecular complexity index is 302. The lowest BCUT2D eigenvalue weighted by atomic mass is 9.65. The first-order chi connectivity index (χ1) is 9.20. The average Bonchev–Trinajstić information content (AvgIpc) is 2.90. The first-order valence-corrected chi connectivity index (χ1v) is 8.24. The topological polar surface area (TPSA) is 38.5 Å². The highest BCUT2D eigenvalue weighted by Crippen LogP contribution is 2.52. The quantitative estimate of drug-likeness (QED) is 0.835. The molecule has 3 rings (SSSR count). The number of nitrogens with two attached hydrogens (primary N) is 1. The summed E-state index contributed by atoms with van der Waals surface area (Å²) in [4.78, 5) is 2.68. The van der Waals surface area contributed by atoms with Gasteiger partial charge in [-0.15, -0.1) is 0 Å². The molecule has 1 aliphatic heterocycles. The molecule has 1 saturated heterocycles. The Morgan fingerprint density at radius 3 is 2.37 bits per heavy atom. The standard InChI is InChI=1S/C16H30N2O/c1-14-12-19-11-10-18(14)16(13-17)8-6-15(7-9-16)4-2-3-5-15/h14H,2-13,17H2,1H3. The maximum Gasteiger partial charge on any atom is 0.0620 e. The largest absolute Gasteiger partial charge is 0.379 e. The number of rotatable bonds is 2. The van der Waals surface area contributed by atoms with Gasteiger partial charge in [0.05, 0.1) is 13.2 Å². The second-order valence-electron chi connectivity index (χ2n) is 7.25. The molecule has 2 saturated carbocycles. The second-order valence-corrected chi connectivity index (χ2v) is 7.25. The molecule has 1 heterocycles. The Morgan fingerprint density at radius 2 is 1.79 bits per heavy atom. The molecular formula is C16H30N2O. The third-order valence-electron chi connectivity index (χ3n) is 6.26. The van der Waals surface area contributed by atoms with E-state index in [1.165, 1.54) is 51.4 Å². The van der Waals surface area contributed by atoms with Gasteiger partial charge >= 0.3 is 0 Å². The van der Waals surface area contributed by atoms with Gasteiger partial charge in [-0.3, -0.25) is 4.90 Å². The fourth-order valence-corrected chi connectivity index (χ4v) is 4.91. The molecule has 2 N–H and O–H groups in total. The number of ether oxygens (including phenoxy) is 1. The first-order valence-electron chi connectivity index (χ1n) is 8.24. The van der Waals surface area contributed by atoms with Gasteiger partial charge in [0.25, 0.3) is 0 Å². The molecule has 110 valence electrons. The van der Waals surface area contributed by atoms with E-state index in [9.17, 15) is 0 Å². The van der Waals surface area contributed by atoms with Gasteiger partial charge in [-0.2, -0.15) is 0 Å². The van der Waals surface area contributed by atoms with Crippen LogP contribution < -0.4 is 5.73 Å². The zero-order chi connectivity index (χ0) is 13.3. The minimum Gasteiger partial charge on any atom is -0.379 e. The maximum atomic E-state index is 6.24. The predicted octanol–water partition coefficient (Wildman–Crippen LogP) is 2.54. The molecule has 0 aromatic heterocycles. The molecule has 3 aliphatic rings. The Labute approximate surface area is 117 Å². The molecule has 2 aliphatic carbocycles. The van der Waals surface area contributed by atoms with Crippen molar-refractivity contribution in [2.75, 3.05) is 26.3 Å². The van der Waals surface area contributed by atoms with Crippen molar-refractivity contribution in [3.05, 3.63) is 0 Å². The summed E-state index contributed by atoms with van der Waals surface area (Å²) in [7, 11) is 0. The van der Waals surface area contributed by atoms with Gasteiger partial charge in [-0.1, -0.05) is 12.8 Å². The van der Waals surface area contributed by atoms with E-state index in [0.29, 0.717) is 11.5 Å². The van der Waals surface area contributed by atoms with Gasteiger partial charge in [0.15, 0.2) is 0 Å². The van der Waals surface area contributed by atoms with Crippen molar-refractivity contribution in [2.45, 2.75) is 69.9 Å². The molecule has 0 radical (unpaired) electrons. The zero-order valence-corrected chi connectivity index (χ0v) is 12.5. The molecular weight excluding hydrogens is 236 g/mol. The van der Waals surface area contributed by atoms with Crippen LogP contribution in [-0.4, -0.2) is 42.8 Å². The van der Waals surface area contributed by atoms with E-state index in [4.69, 9.17) is 10.5 Å². The summed E-state index contributed by atoms with van der Waals surface area (Å²) >= 11 is 0. The Hall–Kier alpha value is -0.120. The summed E-state index contributed by atoms with van der Waals surface area (Å²) < 4.78 is 5.60. The molecule has 3 heteroatoms. The van der Waals surface area contributed by atoms with Gasteiger partial charge in [-0.25, -0.2) is 0 Å². The van der Waals surface area contributed by atoms with E-state index in [0.717, 1.165) is 26.3 Å². The highest BCUT2D eigenvalue weighted by Gasteiger charge is 2.47. The molecule has 0 aromatic rings. The zero-order valence-electron chi connectivity index (χ0n) is 12.5. The smallest absolute Gasteiger partial charge is 0.0620 e. The Balaban J connectivity index is 1.70. The van der Waals surface area contributed by atoms with E-state index < -0.39 is 0 Å². The van der Waals surface area contributed by atoms with Crippen LogP contribution in [0.3, 0.4) is 0 Å². The Kier molecular flexibility index (Phi) is 3.89. The van der Waals surface area contributed by atoms with Gasteiger partial charge in [0.2, 0.25) is 0 Å². The summed E-state index contributed by atoms with van der Waals surface area (Å²) in [5.41, 5.74) is 7.21. The van der Waals surface area contributed by atoms with Crippen LogP contribution in [0.4, 0.5) is 0 Å². The van der Waals surface area contributed by atoms with Crippen molar-refractivity contribution < 1.29 is 4.74 Å². The van der Waals surface area contributed by atoms with Crippen LogP contribution >= 0.6 is 0 Å². The first kappa shape index (κ1) is 13.8. The summed E-state index contributed by atoms with van der Waals surface area (Å²) in [6.45, 7) is 5.97. The SMILES string of the molecule is CC1COCCN1C1(CN)CCC2(CCCC2)CC1. The Morgan fingerprint density at radius 1 is 1.11 bits per heavy atom. The summed E-state index contributed by atoms with van der Waals surface area (Å²) in [5, 5.41) is 0. The normalized spacial score (nSPS) is 34.7. The summed E-state index contributed by atoms with van der Waals surface area (Å²) in [6, 6.07) is 0.537. The number of morpholine rings is 1. The molecule has 3 fully saturated rings. The van der Waals surface area contributed by atoms with Crippen LogP contribution in [0, 0.1) is 5.41 Å². The molecule has 1 spiro atoms. The monoisotopic (exact) mass is 266 g/mol. The van der Waals surface area contributed by atoms with Gasteiger partial charge in [0.1, 0.15) is 0 Å². The van der Waals surface area contributed by atoms with E-state index >= 15 is 0 Å². The van der Waals surface area contributed by atoms with Crippen molar-refractivity contribution in [2.24, 2.45) is 11.1 Å². The molecule has 0 amide bonds. The second kappa shape index (κ2) is 5.34. The fourth-order valence-electron chi connectivity index (χ4n) is 4.91. The van der Waals surface area contributed by atoms with E-state index in [1.54, 1.807) is 0 Å². The van der Waals surface area contributed by atoms with E-state index in [-0.39, 0.29) is 5.54 Å². The van der Waals surface area contributed by atoms with Crippen LogP contribution in [0.1, 0.15) is 58.3 Å². The van der Waals surface area contributed by atoms with Crippen LogP contribution in [-0.2, 0) is 4.74 Å². The van der Waals surface area contributed by atoms with E-state index in [2.05, 4.69) is 11.8 Å². The van der Waals surface area contributed by atoms with Gasteiger partial charge in [0, 0.05) is 24.7 Å². The summed E-state index contributed by atoms with van der Waals surface area (Å²) in [6.07, 6.45) is 11.3. The number of hydrogen-bond acceptors (Lipinski definition) is 3. The van der Waals surface area contributed by atoms with Crippen molar-refractivity contribution >= 4 is 0 Å². The lowest BCUT2D eigenvalue weighted by Gasteiger charge is -2.53. The van der Waals surface area contributed by atoms with Crippen molar-refractivity contribution in [3.63, 3.8) is 0 Å². The summed E-state index contributed by atoms with van der Waals surface area (Å²) in [5.74, 6) is 0. The van der Waals surface area contributed by atoms with Crippen molar-refractivity contribution in [1.82, 2.24) is 4.90 Å². The van der Waals surface area contributed by atoms with Crippen LogP contribution in [0.25, 0.3) is 0 Å². The lowest BCUT2D eigenvalue weighted by molar-refractivity contribution is -0.0805. The molecule has 3 nitrogen and oxygen atoms in total. The minimum atomic E-state index is 0.275. The molecule has 0 bridgehead atoms. The van der Waals surface area contributed by atoms with E-state index in [1.807, 2.05) is 0 Å². The third-order valence-corrected chi connectivity index (χ3v) is 6.26. The third kappa shape index (κ3) is 2.45. The minimum absolute atomic E-state index is 0.275. The average molecular weight is 266 g/mol. The van der Waals surface area contributed by atoms with Crippen molar-refractivity contribution in [1.29, 1.82) is 0 Å². The highest BCUT2D eigenvalue weighted by molar-refractivity contribution is 5.02. The molecule has 1 atom stereocenters. The highest BCUT2D eigenvalue weighted by atomic mass is 16.5.